The minimum absolute atomic E-state index is 0.579. The standard InChI is InChI=1S/C23H22N4O2S/c1-23(9-10-23)30(28,29)26-20-8-7-18-12-24-14-22(21(18)11-20)17-5-3-16(4-6-17)19-13-25-27(2)15-19/h3-8,11-15,26H,9-10H2,1-2H3. The summed E-state index contributed by atoms with van der Waals surface area (Å²) in [5.74, 6) is 0. The number of sulfonamides is 1. The first-order chi connectivity index (χ1) is 14.3. The first-order valence-electron chi connectivity index (χ1n) is 9.84. The molecule has 0 aliphatic heterocycles. The molecular formula is C23H22N4O2S. The Kier molecular flexibility index (Phi) is 4.18. The van der Waals surface area contributed by atoms with Crippen molar-refractivity contribution in [3.05, 3.63) is 67.3 Å². The van der Waals surface area contributed by atoms with Crippen molar-refractivity contribution in [2.24, 2.45) is 7.05 Å². The zero-order valence-corrected chi connectivity index (χ0v) is 17.6. The van der Waals surface area contributed by atoms with Crippen LogP contribution in [0, 0.1) is 0 Å². The number of hydrogen-bond acceptors (Lipinski definition) is 4. The van der Waals surface area contributed by atoms with E-state index in [9.17, 15) is 8.42 Å². The van der Waals surface area contributed by atoms with Crippen LogP contribution in [-0.4, -0.2) is 27.9 Å². The van der Waals surface area contributed by atoms with E-state index in [0.29, 0.717) is 18.5 Å². The van der Waals surface area contributed by atoms with Gasteiger partial charge in [0.2, 0.25) is 10.0 Å². The predicted molar refractivity (Wildman–Crippen MR) is 120 cm³/mol. The van der Waals surface area contributed by atoms with E-state index in [2.05, 4.69) is 39.1 Å². The van der Waals surface area contributed by atoms with Gasteiger partial charge in [0.05, 0.1) is 10.9 Å². The van der Waals surface area contributed by atoms with Crippen LogP contribution >= 0.6 is 0 Å². The Morgan fingerprint density at radius 1 is 0.967 bits per heavy atom. The van der Waals surface area contributed by atoms with Gasteiger partial charge in [-0.25, -0.2) is 8.42 Å². The van der Waals surface area contributed by atoms with Crippen LogP contribution in [-0.2, 0) is 17.1 Å². The van der Waals surface area contributed by atoms with E-state index >= 15 is 0 Å². The molecule has 0 radical (unpaired) electrons. The Labute approximate surface area is 175 Å². The Morgan fingerprint density at radius 2 is 1.70 bits per heavy atom. The molecule has 1 aliphatic carbocycles. The second kappa shape index (κ2) is 6.67. The maximum atomic E-state index is 12.6. The molecule has 6 nitrogen and oxygen atoms in total. The summed E-state index contributed by atoms with van der Waals surface area (Å²) in [5, 5.41) is 6.15. The van der Waals surface area contributed by atoms with Gasteiger partial charge in [-0.1, -0.05) is 30.3 Å². The van der Waals surface area contributed by atoms with Crippen molar-refractivity contribution in [2.45, 2.75) is 24.5 Å². The summed E-state index contributed by atoms with van der Waals surface area (Å²) in [6.45, 7) is 1.79. The highest BCUT2D eigenvalue weighted by molar-refractivity contribution is 7.94. The van der Waals surface area contributed by atoms with Crippen LogP contribution in [0.1, 0.15) is 19.8 Å². The lowest BCUT2D eigenvalue weighted by Crippen LogP contribution is -2.26. The topological polar surface area (TPSA) is 76.9 Å². The highest BCUT2D eigenvalue weighted by Crippen LogP contribution is 2.43. The Bertz CT molecular complexity index is 1350. The lowest BCUT2D eigenvalue weighted by molar-refractivity contribution is 0.587. The molecule has 0 amide bonds. The predicted octanol–water partition coefficient (Wildman–Crippen LogP) is 4.60. The Hall–Kier alpha value is -3.19. The zero-order valence-electron chi connectivity index (χ0n) is 16.8. The molecule has 0 unspecified atom stereocenters. The highest BCUT2D eigenvalue weighted by atomic mass is 32.2. The minimum Gasteiger partial charge on any atom is -0.283 e. The monoisotopic (exact) mass is 418 g/mol. The van der Waals surface area contributed by atoms with Gasteiger partial charge in [0.15, 0.2) is 0 Å². The number of aryl methyl sites for hydroxylation is 1. The molecule has 2 aromatic heterocycles. The van der Waals surface area contributed by atoms with Crippen molar-refractivity contribution < 1.29 is 8.42 Å². The van der Waals surface area contributed by atoms with Gasteiger partial charge < -0.3 is 0 Å². The molecular weight excluding hydrogens is 396 g/mol. The molecule has 0 saturated heterocycles. The van der Waals surface area contributed by atoms with Crippen molar-refractivity contribution in [3.8, 4) is 22.3 Å². The van der Waals surface area contributed by atoms with Crippen molar-refractivity contribution in [1.29, 1.82) is 0 Å². The number of rotatable bonds is 5. The van der Waals surface area contributed by atoms with Gasteiger partial charge in [0, 0.05) is 47.8 Å². The maximum Gasteiger partial charge on any atom is 0.238 e. The van der Waals surface area contributed by atoms with Crippen LogP contribution in [0.5, 0.6) is 0 Å². The van der Waals surface area contributed by atoms with Gasteiger partial charge in [-0.05, 0) is 48.4 Å². The number of aromatic nitrogens is 3. The third-order valence-electron chi connectivity index (χ3n) is 5.85. The molecule has 7 heteroatoms. The number of benzene rings is 2. The minimum atomic E-state index is -3.39. The first-order valence-corrected chi connectivity index (χ1v) is 11.3. The summed E-state index contributed by atoms with van der Waals surface area (Å²) < 4.78 is 29.1. The second-order valence-corrected chi connectivity index (χ2v) is 10.4. The van der Waals surface area contributed by atoms with E-state index in [1.807, 2.05) is 37.8 Å². The molecule has 30 heavy (non-hydrogen) atoms. The summed E-state index contributed by atoms with van der Waals surface area (Å²) in [4.78, 5) is 4.37. The van der Waals surface area contributed by atoms with Gasteiger partial charge >= 0.3 is 0 Å². The molecule has 1 fully saturated rings. The molecule has 2 aromatic carbocycles. The molecule has 4 aromatic rings. The number of nitrogens with one attached hydrogen (secondary N) is 1. The Balaban J connectivity index is 1.52. The number of fused-ring (bicyclic) bond motifs is 1. The fourth-order valence-corrected chi connectivity index (χ4v) is 4.92. The third-order valence-corrected chi connectivity index (χ3v) is 8.06. The van der Waals surface area contributed by atoms with Crippen LogP contribution in [0.25, 0.3) is 33.0 Å². The third kappa shape index (κ3) is 3.25. The van der Waals surface area contributed by atoms with Gasteiger partial charge in [-0.2, -0.15) is 5.10 Å². The number of hydrogen-bond donors (Lipinski definition) is 1. The molecule has 152 valence electrons. The highest BCUT2D eigenvalue weighted by Gasteiger charge is 2.50. The smallest absolute Gasteiger partial charge is 0.238 e. The lowest BCUT2D eigenvalue weighted by atomic mass is 9.98. The van der Waals surface area contributed by atoms with Crippen LogP contribution in [0.15, 0.2) is 67.3 Å². The van der Waals surface area contributed by atoms with Crippen molar-refractivity contribution in [3.63, 3.8) is 0 Å². The van der Waals surface area contributed by atoms with Gasteiger partial charge in [-0.15, -0.1) is 0 Å². The number of anilines is 1. The molecule has 1 saturated carbocycles. The number of pyridine rings is 1. The summed E-state index contributed by atoms with van der Waals surface area (Å²) in [5.41, 5.74) is 4.71. The Morgan fingerprint density at radius 3 is 2.37 bits per heavy atom. The summed E-state index contributed by atoms with van der Waals surface area (Å²) >= 11 is 0. The van der Waals surface area contributed by atoms with Crippen LogP contribution < -0.4 is 4.72 Å². The first kappa shape index (κ1) is 18.8. The molecule has 1 N–H and O–H groups in total. The van der Waals surface area contributed by atoms with E-state index < -0.39 is 14.8 Å². The molecule has 0 bridgehead atoms. The van der Waals surface area contributed by atoms with E-state index in [4.69, 9.17) is 0 Å². The SMILES string of the molecule is Cn1cc(-c2ccc(-c3cncc4ccc(NS(=O)(=O)C5(C)CC5)cc34)cc2)cn1. The zero-order chi connectivity index (χ0) is 20.9. The summed E-state index contributed by atoms with van der Waals surface area (Å²) in [6, 6.07) is 13.8. The fraction of sp³-hybridized carbons (Fsp3) is 0.217. The average Bonchev–Trinajstić information content (AvgIpc) is 3.36. The summed E-state index contributed by atoms with van der Waals surface area (Å²) in [6.07, 6.45) is 8.84. The quantitative estimate of drug-likeness (QED) is 0.514. The molecule has 1 aliphatic rings. The van der Waals surface area contributed by atoms with E-state index in [-0.39, 0.29) is 0 Å². The molecule has 5 rings (SSSR count). The molecule has 2 heterocycles. The fourth-order valence-electron chi connectivity index (χ4n) is 3.59. The molecule has 0 atom stereocenters. The molecule has 0 spiro atoms. The van der Waals surface area contributed by atoms with Gasteiger partial charge in [0.1, 0.15) is 0 Å². The second-order valence-electron chi connectivity index (χ2n) is 8.16. The van der Waals surface area contributed by atoms with Crippen molar-refractivity contribution in [2.75, 3.05) is 4.72 Å². The lowest BCUT2D eigenvalue weighted by Gasteiger charge is -2.14. The normalized spacial score (nSPS) is 15.3. The summed E-state index contributed by atoms with van der Waals surface area (Å²) in [7, 11) is -1.50. The maximum absolute atomic E-state index is 12.6. The van der Waals surface area contributed by atoms with Crippen molar-refractivity contribution in [1.82, 2.24) is 14.8 Å². The van der Waals surface area contributed by atoms with Gasteiger partial charge in [0.25, 0.3) is 0 Å². The number of nitrogens with zero attached hydrogens (tertiary/aromatic N) is 3. The average molecular weight is 419 g/mol. The van der Waals surface area contributed by atoms with Crippen LogP contribution in [0.3, 0.4) is 0 Å². The largest absolute Gasteiger partial charge is 0.283 e. The van der Waals surface area contributed by atoms with Crippen LogP contribution in [0.2, 0.25) is 0 Å². The van der Waals surface area contributed by atoms with E-state index in [1.54, 1.807) is 23.9 Å². The van der Waals surface area contributed by atoms with Gasteiger partial charge in [-0.3, -0.25) is 14.4 Å². The van der Waals surface area contributed by atoms with E-state index in [0.717, 1.165) is 33.0 Å². The van der Waals surface area contributed by atoms with Crippen LogP contribution in [0.4, 0.5) is 5.69 Å². The van der Waals surface area contributed by atoms with E-state index in [1.165, 1.54) is 0 Å². The van der Waals surface area contributed by atoms with Crippen molar-refractivity contribution >= 4 is 26.5 Å².